The Hall–Kier alpha value is -1.49. The molecule has 2 aliphatic heterocycles. The van der Waals surface area contributed by atoms with Crippen molar-refractivity contribution >= 4 is 5.91 Å². The number of amides is 1. The second kappa shape index (κ2) is 6.95. The molecule has 2 fully saturated rings. The summed E-state index contributed by atoms with van der Waals surface area (Å²) in [7, 11) is 0. The number of benzene rings is 1. The molecule has 5 heteroatoms. The summed E-state index contributed by atoms with van der Waals surface area (Å²) in [5.41, 5.74) is 0.442. The van der Waals surface area contributed by atoms with Crippen LogP contribution in [0.4, 0.5) is 8.78 Å². The minimum absolute atomic E-state index is 0.165. The van der Waals surface area contributed by atoms with Gasteiger partial charge in [0.2, 0.25) is 5.91 Å². The second-order valence-electron chi connectivity index (χ2n) is 6.86. The highest BCUT2D eigenvalue weighted by molar-refractivity contribution is 5.73. The van der Waals surface area contributed by atoms with Crippen molar-refractivity contribution in [2.75, 3.05) is 26.2 Å². The maximum absolute atomic E-state index is 13.8. The van der Waals surface area contributed by atoms with Crippen molar-refractivity contribution in [1.29, 1.82) is 0 Å². The summed E-state index contributed by atoms with van der Waals surface area (Å²) in [5, 5.41) is 0. The van der Waals surface area contributed by atoms with Gasteiger partial charge in [0, 0.05) is 38.7 Å². The Kier molecular flexibility index (Phi) is 4.95. The minimum Gasteiger partial charge on any atom is -0.343 e. The molecule has 2 saturated heterocycles. The van der Waals surface area contributed by atoms with E-state index in [1.165, 1.54) is 12.1 Å². The SMILES string of the molecule is CC(=O)N1CCC(C2CCN(Cc3cc(F)ccc3F)C2)CC1. The van der Waals surface area contributed by atoms with Crippen LogP contribution in [0.1, 0.15) is 31.7 Å². The van der Waals surface area contributed by atoms with Gasteiger partial charge in [-0.25, -0.2) is 8.78 Å². The van der Waals surface area contributed by atoms with Crippen molar-refractivity contribution in [3.05, 3.63) is 35.4 Å². The molecule has 126 valence electrons. The molecule has 0 bridgehead atoms. The molecule has 0 N–H and O–H groups in total. The molecule has 3 rings (SSSR count). The number of carbonyl (C=O) groups is 1. The van der Waals surface area contributed by atoms with E-state index in [4.69, 9.17) is 0 Å². The van der Waals surface area contributed by atoms with Gasteiger partial charge in [-0.05, 0) is 55.8 Å². The molecule has 2 aliphatic rings. The molecule has 0 aliphatic carbocycles. The lowest BCUT2D eigenvalue weighted by atomic mass is 9.84. The molecule has 1 aromatic rings. The fourth-order valence-electron chi connectivity index (χ4n) is 3.98. The molecule has 1 atom stereocenters. The van der Waals surface area contributed by atoms with Crippen LogP contribution in [0.5, 0.6) is 0 Å². The van der Waals surface area contributed by atoms with Gasteiger partial charge in [0.15, 0.2) is 0 Å². The Bertz CT molecular complexity index is 570. The number of hydrogen-bond donors (Lipinski definition) is 0. The smallest absolute Gasteiger partial charge is 0.219 e. The van der Waals surface area contributed by atoms with Gasteiger partial charge in [-0.2, -0.15) is 0 Å². The van der Waals surface area contributed by atoms with Gasteiger partial charge in [0.05, 0.1) is 0 Å². The van der Waals surface area contributed by atoms with Crippen molar-refractivity contribution in [3.63, 3.8) is 0 Å². The first kappa shape index (κ1) is 16.4. The molecular formula is C18H24F2N2O. The van der Waals surface area contributed by atoms with Crippen LogP contribution in [0.25, 0.3) is 0 Å². The zero-order valence-electron chi connectivity index (χ0n) is 13.6. The number of piperidine rings is 1. The monoisotopic (exact) mass is 322 g/mol. The van der Waals surface area contributed by atoms with E-state index in [0.29, 0.717) is 23.9 Å². The molecule has 0 saturated carbocycles. The van der Waals surface area contributed by atoms with Crippen LogP contribution in [0.2, 0.25) is 0 Å². The fraction of sp³-hybridized carbons (Fsp3) is 0.611. The van der Waals surface area contributed by atoms with Gasteiger partial charge >= 0.3 is 0 Å². The molecule has 0 spiro atoms. The van der Waals surface area contributed by atoms with Gasteiger partial charge in [0.25, 0.3) is 0 Å². The van der Waals surface area contributed by atoms with Crippen LogP contribution in [0, 0.1) is 23.5 Å². The first-order valence-electron chi connectivity index (χ1n) is 8.44. The van der Waals surface area contributed by atoms with Crippen molar-refractivity contribution in [3.8, 4) is 0 Å². The van der Waals surface area contributed by atoms with E-state index in [1.54, 1.807) is 6.92 Å². The van der Waals surface area contributed by atoms with Gasteiger partial charge in [-0.3, -0.25) is 9.69 Å². The van der Waals surface area contributed by atoms with Crippen LogP contribution in [-0.2, 0) is 11.3 Å². The van der Waals surface area contributed by atoms with Crippen molar-refractivity contribution in [2.45, 2.75) is 32.7 Å². The number of nitrogens with zero attached hydrogens (tertiary/aromatic N) is 2. The van der Waals surface area contributed by atoms with Crippen LogP contribution in [0.15, 0.2) is 18.2 Å². The van der Waals surface area contributed by atoms with Crippen molar-refractivity contribution < 1.29 is 13.6 Å². The van der Waals surface area contributed by atoms with E-state index < -0.39 is 0 Å². The van der Waals surface area contributed by atoms with Crippen molar-refractivity contribution in [2.24, 2.45) is 11.8 Å². The minimum atomic E-state index is -0.381. The Balaban J connectivity index is 1.53. The van der Waals surface area contributed by atoms with Crippen molar-refractivity contribution in [1.82, 2.24) is 9.80 Å². The van der Waals surface area contributed by atoms with Crippen LogP contribution < -0.4 is 0 Å². The molecule has 2 heterocycles. The predicted octanol–water partition coefficient (Wildman–Crippen LogP) is 3.05. The quantitative estimate of drug-likeness (QED) is 0.854. The number of halogens is 2. The number of likely N-dealkylation sites (tertiary alicyclic amines) is 2. The maximum Gasteiger partial charge on any atom is 0.219 e. The molecule has 3 nitrogen and oxygen atoms in total. The summed E-state index contributed by atoms with van der Waals surface area (Å²) < 4.78 is 27.0. The number of hydrogen-bond acceptors (Lipinski definition) is 2. The lowest BCUT2D eigenvalue weighted by molar-refractivity contribution is -0.130. The lowest BCUT2D eigenvalue weighted by Crippen LogP contribution is -2.39. The number of carbonyl (C=O) groups excluding carboxylic acids is 1. The lowest BCUT2D eigenvalue weighted by Gasteiger charge is -2.34. The summed E-state index contributed by atoms with van der Waals surface area (Å²) in [6.45, 7) is 5.70. The summed E-state index contributed by atoms with van der Waals surface area (Å²) in [6.07, 6.45) is 3.24. The molecule has 0 aromatic heterocycles. The van der Waals surface area contributed by atoms with E-state index in [0.717, 1.165) is 51.5 Å². The maximum atomic E-state index is 13.8. The van der Waals surface area contributed by atoms with E-state index in [2.05, 4.69) is 4.90 Å². The molecule has 0 radical (unpaired) electrons. The Labute approximate surface area is 136 Å². The average Bonchev–Trinajstić information content (AvgIpc) is 2.99. The van der Waals surface area contributed by atoms with E-state index in [-0.39, 0.29) is 17.5 Å². The first-order chi connectivity index (χ1) is 11.0. The summed E-state index contributed by atoms with van der Waals surface area (Å²) in [6, 6.07) is 3.66. The highest BCUT2D eigenvalue weighted by Crippen LogP contribution is 2.32. The number of rotatable bonds is 3. The Morgan fingerprint density at radius 1 is 1.13 bits per heavy atom. The molecule has 23 heavy (non-hydrogen) atoms. The first-order valence-corrected chi connectivity index (χ1v) is 8.44. The summed E-state index contributed by atoms with van der Waals surface area (Å²) in [4.78, 5) is 15.5. The molecule has 1 unspecified atom stereocenters. The predicted molar refractivity (Wildman–Crippen MR) is 84.7 cm³/mol. The average molecular weight is 322 g/mol. The third-order valence-corrected chi connectivity index (χ3v) is 5.36. The largest absolute Gasteiger partial charge is 0.343 e. The standard InChI is InChI=1S/C18H24F2N2O/c1-13(23)22-8-5-14(6-9-22)15-4-7-21(11-15)12-16-10-17(19)2-3-18(16)20/h2-3,10,14-15H,4-9,11-12H2,1H3. The van der Waals surface area contributed by atoms with E-state index in [9.17, 15) is 13.6 Å². The Morgan fingerprint density at radius 2 is 1.83 bits per heavy atom. The fourth-order valence-corrected chi connectivity index (χ4v) is 3.98. The third kappa shape index (κ3) is 3.89. The second-order valence-corrected chi connectivity index (χ2v) is 6.86. The summed E-state index contributed by atoms with van der Waals surface area (Å²) in [5.74, 6) is 0.713. The normalized spacial score (nSPS) is 23.4. The zero-order valence-corrected chi connectivity index (χ0v) is 13.6. The third-order valence-electron chi connectivity index (χ3n) is 5.36. The highest BCUT2D eigenvalue weighted by Gasteiger charge is 2.32. The molecule has 1 aromatic carbocycles. The van der Waals surface area contributed by atoms with Gasteiger partial charge < -0.3 is 4.90 Å². The zero-order chi connectivity index (χ0) is 16.4. The van der Waals surface area contributed by atoms with Gasteiger partial charge in [-0.15, -0.1) is 0 Å². The Morgan fingerprint density at radius 3 is 2.52 bits per heavy atom. The molecular weight excluding hydrogens is 298 g/mol. The highest BCUT2D eigenvalue weighted by atomic mass is 19.1. The topological polar surface area (TPSA) is 23.6 Å². The molecule has 1 amide bonds. The van der Waals surface area contributed by atoms with E-state index >= 15 is 0 Å². The van der Waals surface area contributed by atoms with Crippen LogP contribution >= 0.6 is 0 Å². The van der Waals surface area contributed by atoms with Gasteiger partial charge in [0.1, 0.15) is 11.6 Å². The van der Waals surface area contributed by atoms with Gasteiger partial charge in [-0.1, -0.05) is 0 Å². The summed E-state index contributed by atoms with van der Waals surface area (Å²) >= 11 is 0. The van der Waals surface area contributed by atoms with E-state index in [1.807, 2.05) is 4.90 Å². The van der Waals surface area contributed by atoms with Crippen LogP contribution in [-0.4, -0.2) is 41.9 Å². The van der Waals surface area contributed by atoms with Crippen LogP contribution in [0.3, 0.4) is 0 Å².